The van der Waals surface area contributed by atoms with Crippen molar-refractivity contribution in [2.24, 2.45) is 0 Å². The van der Waals surface area contributed by atoms with Crippen LogP contribution in [0.2, 0.25) is 0 Å². The molecule has 30 heavy (non-hydrogen) atoms. The number of benzene rings is 2. The summed E-state index contributed by atoms with van der Waals surface area (Å²) in [6, 6.07) is 13.2. The van der Waals surface area contributed by atoms with Gasteiger partial charge in [0.2, 0.25) is 15.9 Å². The molecule has 2 aromatic carbocycles. The van der Waals surface area contributed by atoms with Gasteiger partial charge in [-0.3, -0.25) is 9.10 Å². The zero-order valence-corrected chi connectivity index (χ0v) is 19.3. The highest BCUT2D eigenvalue weighted by Gasteiger charge is 2.20. The van der Waals surface area contributed by atoms with E-state index < -0.39 is 10.0 Å². The van der Waals surface area contributed by atoms with Crippen molar-refractivity contribution in [3.05, 3.63) is 59.2 Å². The average molecular weight is 433 g/mol. The van der Waals surface area contributed by atoms with E-state index in [9.17, 15) is 13.2 Å². The number of carbonyl (C=O) groups is 1. The second-order valence-corrected chi connectivity index (χ2v) is 9.37. The molecule has 1 N–H and O–H groups in total. The van der Waals surface area contributed by atoms with Gasteiger partial charge in [0.1, 0.15) is 5.75 Å². The Morgan fingerprint density at radius 2 is 1.80 bits per heavy atom. The van der Waals surface area contributed by atoms with E-state index in [0.717, 1.165) is 28.9 Å². The van der Waals surface area contributed by atoms with Gasteiger partial charge in [-0.25, -0.2) is 8.42 Å². The molecule has 0 spiro atoms. The number of nitrogens with zero attached hydrogens (tertiary/aromatic N) is 1. The molecule has 164 valence electrons. The van der Waals surface area contributed by atoms with Crippen molar-refractivity contribution in [1.29, 1.82) is 0 Å². The number of hydrogen-bond acceptors (Lipinski definition) is 4. The molecule has 0 saturated carbocycles. The molecular weight excluding hydrogens is 400 g/mol. The molecule has 0 saturated heterocycles. The van der Waals surface area contributed by atoms with E-state index in [4.69, 9.17) is 4.74 Å². The molecule has 0 heterocycles. The fourth-order valence-electron chi connectivity index (χ4n) is 3.38. The molecule has 6 nitrogen and oxygen atoms in total. The summed E-state index contributed by atoms with van der Waals surface area (Å²) >= 11 is 0. The van der Waals surface area contributed by atoms with Gasteiger partial charge in [0.15, 0.2) is 0 Å². The number of aryl methyl sites for hydroxylation is 1. The molecule has 2 aromatic rings. The van der Waals surface area contributed by atoms with E-state index in [1.165, 1.54) is 10.6 Å². The largest absolute Gasteiger partial charge is 0.497 e. The topological polar surface area (TPSA) is 75.7 Å². The third-order valence-corrected chi connectivity index (χ3v) is 6.45. The normalized spacial score (nSPS) is 12.3. The van der Waals surface area contributed by atoms with Gasteiger partial charge in [0.05, 0.1) is 25.1 Å². The van der Waals surface area contributed by atoms with Gasteiger partial charge in [-0.05, 0) is 61.6 Å². The van der Waals surface area contributed by atoms with E-state index in [1.54, 1.807) is 13.2 Å². The van der Waals surface area contributed by atoms with Crippen LogP contribution in [0.15, 0.2) is 42.5 Å². The molecule has 1 atom stereocenters. The first-order valence-electron chi connectivity index (χ1n) is 10.1. The third kappa shape index (κ3) is 6.23. The number of hydrogen-bond donors (Lipinski definition) is 1. The molecule has 0 aliphatic carbocycles. The zero-order chi connectivity index (χ0) is 22.3. The predicted molar refractivity (Wildman–Crippen MR) is 122 cm³/mol. The number of methoxy groups -OCH3 is 1. The van der Waals surface area contributed by atoms with Crippen molar-refractivity contribution in [2.45, 2.75) is 46.1 Å². The third-order valence-electron chi connectivity index (χ3n) is 5.27. The summed E-state index contributed by atoms with van der Waals surface area (Å²) in [4.78, 5) is 12.5. The highest BCUT2D eigenvalue weighted by Crippen LogP contribution is 2.25. The number of carbonyl (C=O) groups excluding carboxylic acids is 1. The maximum Gasteiger partial charge on any atom is 0.232 e. The number of sulfonamides is 1. The lowest BCUT2D eigenvalue weighted by atomic mass is 10.0. The minimum absolute atomic E-state index is 0.0894. The Labute approximate surface area is 180 Å². The van der Waals surface area contributed by atoms with Crippen molar-refractivity contribution in [2.75, 3.05) is 24.2 Å². The molecule has 0 radical (unpaired) electrons. The summed E-state index contributed by atoms with van der Waals surface area (Å²) in [7, 11) is -1.83. The van der Waals surface area contributed by atoms with Crippen LogP contribution in [0.4, 0.5) is 5.69 Å². The van der Waals surface area contributed by atoms with Crippen molar-refractivity contribution in [3.8, 4) is 5.75 Å². The summed E-state index contributed by atoms with van der Waals surface area (Å²) in [6.07, 6.45) is 2.65. The standard InChI is InChI=1S/C23H32N2O4S/c1-6-21(19-12-14-20(29-4)15-13-19)24-23(26)11-8-16-25(30(5,27)28)22-10-7-9-17(2)18(22)3/h7,9-10,12-15,21H,6,8,11,16H2,1-5H3,(H,24,26)/t21-/m0/s1. The molecular formula is C23H32N2O4S. The van der Waals surface area contributed by atoms with Gasteiger partial charge < -0.3 is 10.1 Å². The lowest BCUT2D eigenvalue weighted by molar-refractivity contribution is -0.121. The summed E-state index contributed by atoms with van der Waals surface area (Å²) < 4.78 is 31.3. The molecule has 7 heteroatoms. The molecule has 0 aliphatic heterocycles. The maximum atomic E-state index is 12.5. The van der Waals surface area contributed by atoms with Crippen LogP contribution in [-0.4, -0.2) is 34.2 Å². The highest BCUT2D eigenvalue weighted by atomic mass is 32.2. The van der Waals surface area contributed by atoms with Gasteiger partial charge >= 0.3 is 0 Å². The van der Waals surface area contributed by atoms with E-state index in [0.29, 0.717) is 12.1 Å². The fourth-order valence-corrected chi connectivity index (χ4v) is 4.39. The second kappa shape index (κ2) is 10.5. The van der Waals surface area contributed by atoms with Crippen molar-refractivity contribution >= 4 is 21.6 Å². The lowest BCUT2D eigenvalue weighted by Crippen LogP contribution is -2.33. The van der Waals surface area contributed by atoms with Gasteiger partial charge in [0.25, 0.3) is 0 Å². The van der Waals surface area contributed by atoms with Crippen LogP contribution >= 0.6 is 0 Å². The molecule has 1 amide bonds. The Hall–Kier alpha value is -2.54. The Morgan fingerprint density at radius 1 is 1.13 bits per heavy atom. The minimum atomic E-state index is -3.44. The van der Waals surface area contributed by atoms with E-state index >= 15 is 0 Å². The second-order valence-electron chi connectivity index (χ2n) is 7.46. The van der Waals surface area contributed by atoms with Crippen LogP contribution < -0.4 is 14.4 Å². The fraction of sp³-hybridized carbons (Fsp3) is 0.435. The SMILES string of the molecule is CC[C@H](NC(=O)CCCN(c1cccc(C)c1C)S(C)(=O)=O)c1ccc(OC)cc1. The maximum absolute atomic E-state index is 12.5. The average Bonchev–Trinajstić information content (AvgIpc) is 2.71. The summed E-state index contributed by atoms with van der Waals surface area (Å²) in [5, 5.41) is 3.05. The van der Waals surface area contributed by atoms with Crippen LogP contribution in [0.25, 0.3) is 0 Å². The van der Waals surface area contributed by atoms with Crippen LogP contribution in [0.1, 0.15) is 48.9 Å². The van der Waals surface area contributed by atoms with Gasteiger partial charge in [-0.2, -0.15) is 0 Å². The Kier molecular flexibility index (Phi) is 8.29. The van der Waals surface area contributed by atoms with Crippen LogP contribution in [-0.2, 0) is 14.8 Å². The summed E-state index contributed by atoms with van der Waals surface area (Å²) in [5.74, 6) is 0.680. The minimum Gasteiger partial charge on any atom is -0.497 e. The van der Waals surface area contributed by atoms with Gasteiger partial charge in [-0.15, -0.1) is 0 Å². The predicted octanol–water partition coefficient (Wildman–Crippen LogP) is 4.13. The molecule has 0 aliphatic rings. The summed E-state index contributed by atoms with van der Waals surface area (Å²) in [5.41, 5.74) is 3.64. The van der Waals surface area contributed by atoms with E-state index in [1.807, 2.05) is 57.2 Å². The van der Waals surface area contributed by atoms with E-state index in [2.05, 4.69) is 5.32 Å². The number of anilines is 1. The highest BCUT2D eigenvalue weighted by molar-refractivity contribution is 7.92. The first-order chi connectivity index (χ1) is 14.2. The molecule has 2 rings (SSSR count). The first-order valence-corrected chi connectivity index (χ1v) is 12.0. The van der Waals surface area contributed by atoms with Crippen LogP contribution in [0.3, 0.4) is 0 Å². The first kappa shape index (κ1) is 23.7. The van der Waals surface area contributed by atoms with Crippen molar-refractivity contribution < 1.29 is 17.9 Å². The number of nitrogens with one attached hydrogen (secondary N) is 1. The monoisotopic (exact) mass is 432 g/mol. The Morgan fingerprint density at radius 3 is 2.37 bits per heavy atom. The number of amides is 1. The van der Waals surface area contributed by atoms with E-state index in [-0.39, 0.29) is 24.9 Å². The molecule has 0 bridgehead atoms. The Balaban J connectivity index is 2.00. The number of ether oxygens (including phenoxy) is 1. The van der Waals surface area contributed by atoms with Gasteiger partial charge in [-0.1, -0.05) is 31.2 Å². The van der Waals surface area contributed by atoms with Crippen LogP contribution in [0, 0.1) is 13.8 Å². The van der Waals surface area contributed by atoms with Crippen molar-refractivity contribution in [3.63, 3.8) is 0 Å². The number of rotatable bonds is 10. The van der Waals surface area contributed by atoms with Gasteiger partial charge in [0, 0.05) is 13.0 Å². The van der Waals surface area contributed by atoms with Crippen molar-refractivity contribution in [1.82, 2.24) is 5.32 Å². The lowest BCUT2D eigenvalue weighted by Gasteiger charge is -2.25. The molecule has 0 fully saturated rings. The quantitative estimate of drug-likeness (QED) is 0.613. The zero-order valence-electron chi connectivity index (χ0n) is 18.4. The molecule has 0 unspecified atom stereocenters. The summed E-state index contributed by atoms with van der Waals surface area (Å²) in [6.45, 7) is 6.14. The smallest absolute Gasteiger partial charge is 0.232 e. The Bertz CT molecular complexity index is 956. The van der Waals surface area contributed by atoms with Crippen LogP contribution in [0.5, 0.6) is 5.75 Å². The molecule has 0 aromatic heterocycles.